The van der Waals surface area contributed by atoms with Gasteiger partial charge in [-0.3, -0.25) is 0 Å². The summed E-state index contributed by atoms with van der Waals surface area (Å²) in [5.74, 6) is 0. The van der Waals surface area contributed by atoms with Crippen LogP contribution in [0.15, 0.2) is 18.2 Å². The normalized spacial score (nSPS) is 10.5. The predicted molar refractivity (Wildman–Crippen MR) is 57.4 cm³/mol. The first kappa shape index (κ1) is 11.0. The highest BCUT2D eigenvalue weighted by molar-refractivity contribution is 5.27. The Labute approximate surface area is 75.2 Å². The molecule has 1 aromatic rings. The standard InChI is InChI=1S/C10H12.C2H6/c1-4-10-7-8(2)5-6-9(10)3;1-2/h4-7H,3H2,1-2H3;1-2H3/b10-4-;. The number of benzene rings is 1. The molecule has 66 valence electrons. The van der Waals surface area contributed by atoms with E-state index in [4.69, 9.17) is 0 Å². The van der Waals surface area contributed by atoms with E-state index in [1.807, 2.05) is 26.8 Å². The van der Waals surface area contributed by atoms with Gasteiger partial charge >= 0.3 is 0 Å². The topological polar surface area (TPSA) is 0 Å². The van der Waals surface area contributed by atoms with Crippen molar-refractivity contribution in [2.24, 2.45) is 0 Å². The van der Waals surface area contributed by atoms with Crippen LogP contribution < -0.4 is 10.4 Å². The number of rotatable bonds is 0. The molecule has 1 aromatic carbocycles. The fourth-order valence-electron chi connectivity index (χ4n) is 0.983. The van der Waals surface area contributed by atoms with E-state index in [0.717, 1.165) is 5.22 Å². The van der Waals surface area contributed by atoms with Crippen molar-refractivity contribution in [3.05, 3.63) is 34.2 Å². The molecule has 0 amide bonds. The lowest BCUT2D eigenvalue weighted by Crippen LogP contribution is -2.21. The van der Waals surface area contributed by atoms with Gasteiger partial charge in [-0.15, -0.1) is 0 Å². The van der Waals surface area contributed by atoms with Gasteiger partial charge in [0, 0.05) is 0 Å². The summed E-state index contributed by atoms with van der Waals surface area (Å²) < 4.78 is 0. The molecule has 0 atom stereocenters. The van der Waals surface area contributed by atoms with Crippen molar-refractivity contribution in [3.8, 4) is 0 Å². The first-order valence-corrected chi connectivity index (χ1v) is 4.46. The monoisotopic (exact) mass is 162 g/mol. The summed E-state index contributed by atoms with van der Waals surface area (Å²) in [7, 11) is 0. The third kappa shape index (κ3) is 2.91. The van der Waals surface area contributed by atoms with Gasteiger partial charge < -0.3 is 0 Å². The summed E-state index contributed by atoms with van der Waals surface area (Å²) in [6, 6.07) is 6.27. The van der Waals surface area contributed by atoms with E-state index in [2.05, 4.69) is 31.7 Å². The number of aryl methyl sites for hydroxylation is 1. The van der Waals surface area contributed by atoms with Crippen molar-refractivity contribution in [2.75, 3.05) is 0 Å². The van der Waals surface area contributed by atoms with Gasteiger partial charge in [-0.05, 0) is 24.3 Å². The molecule has 0 N–H and O–H groups in total. The molecule has 0 fully saturated rings. The smallest absolute Gasteiger partial charge is 0.0230 e. The number of hydrogen-bond acceptors (Lipinski definition) is 0. The van der Waals surface area contributed by atoms with E-state index in [1.165, 1.54) is 10.8 Å². The van der Waals surface area contributed by atoms with E-state index < -0.39 is 0 Å². The zero-order chi connectivity index (χ0) is 9.56. The molecule has 1 rings (SSSR count). The van der Waals surface area contributed by atoms with Crippen molar-refractivity contribution in [1.29, 1.82) is 0 Å². The molecule has 0 unspecified atom stereocenters. The van der Waals surface area contributed by atoms with Crippen LogP contribution in [0.1, 0.15) is 26.3 Å². The fourth-order valence-corrected chi connectivity index (χ4v) is 0.983. The average Bonchev–Trinajstić information content (AvgIpc) is 2.13. The van der Waals surface area contributed by atoms with Crippen molar-refractivity contribution in [1.82, 2.24) is 0 Å². The minimum absolute atomic E-state index is 1.10. The molecule has 0 nitrogen and oxygen atoms in total. The van der Waals surface area contributed by atoms with E-state index in [0.29, 0.717) is 0 Å². The minimum Gasteiger partial charge on any atom is -0.0912 e. The molecular weight excluding hydrogens is 144 g/mol. The summed E-state index contributed by atoms with van der Waals surface area (Å²) >= 11 is 0. The Hall–Kier alpha value is -1.04. The van der Waals surface area contributed by atoms with E-state index >= 15 is 0 Å². The van der Waals surface area contributed by atoms with Crippen LogP contribution in [0.25, 0.3) is 12.7 Å². The molecule has 0 bridgehead atoms. The summed E-state index contributed by atoms with van der Waals surface area (Å²) in [4.78, 5) is 0. The van der Waals surface area contributed by atoms with E-state index in [9.17, 15) is 0 Å². The molecule has 0 aromatic heterocycles. The Morgan fingerprint density at radius 1 is 1.25 bits per heavy atom. The maximum absolute atomic E-state index is 3.90. The summed E-state index contributed by atoms with van der Waals surface area (Å²) in [5.41, 5.74) is 1.29. The van der Waals surface area contributed by atoms with Crippen molar-refractivity contribution in [2.45, 2.75) is 27.7 Å². The zero-order valence-corrected chi connectivity index (χ0v) is 8.52. The van der Waals surface area contributed by atoms with Crippen LogP contribution in [0, 0.1) is 6.92 Å². The van der Waals surface area contributed by atoms with Crippen molar-refractivity contribution < 1.29 is 0 Å². The summed E-state index contributed by atoms with van der Waals surface area (Å²) in [6.07, 6.45) is 2.08. The Balaban J connectivity index is 0.000000561. The molecule has 0 heterocycles. The van der Waals surface area contributed by atoms with Gasteiger partial charge in [-0.25, -0.2) is 0 Å². The van der Waals surface area contributed by atoms with Crippen LogP contribution in [0.5, 0.6) is 0 Å². The van der Waals surface area contributed by atoms with Gasteiger partial charge in [0.15, 0.2) is 0 Å². The molecule has 0 aliphatic carbocycles. The Bertz CT molecular complexity index is 320. The maximum Gasteiger partial charge on any atom is -0.0230 e. The molecule has 0 heteroatoms. The summed E-state index contributed by atoms with van der Waals surface area (Å²) in [5, 5.41) is 2.34. The average molecular weight is 162 g/mol. The molecule has 0 aliphatic heterocycles. The van der Waals surface area contributed by atoms with Gasteiger partial charge in [-0.1, -0.05) is 50.3 Å². The lowest BCUT2D eigenvalue weighted by molar-refractivity contribution is 1.40. The molecule has 0 spiro atoms. The second-order valence-corrected chi connectivity index (χ2v) is 2.49. The molecule has 0 aliphatic rings. The second-order valence-electron chi connectivity index (χ2n) is 2.49. The van der Waals surface area contributed by atoms with Gasteiger partial charge in [0.25, 0.3) is 0 Å². The third-order valence-corrected chi connectivity index (χ3v) is 1.61. The van der Waals surface area contributed by atoms with Gasteiger partial charge in [0.1, 0.15) is 0 Å². The van der Waals surface area contributed by atoms with Crippen LogP contribution in [0.3, 0.4) is 0 Å². The van der Waals surface area contributed by atoms with E-state index in [1.54, 1.807) is 0 Å². The Morgan fingerprint density at radius 3 is 2.25 bits per heavy atom. The first-order valence-electron chi connectivity index (χ1n) is 4.46. The second kappa shape index (κ2) is 5.59. The lowest BCUT2D eigenvalue weighted by atomic mass is 10.2. The van der Waals surface area contributed by atoms with E-state index in [-0.39, 0.29) is 0 Å². The maximum atomic E-state index is 3.90. The molecule has 12 heavy (non-hydrogen) atoms. The Kier molecular flexibility index (Phi) is 5.11. The predicted octanol–water partition coefficient (Wildman–Crippen LogP) is 2.23. The van der Waals surface area contributed by atoms with Gasteiger partial charge in [-0.2, -0.15) is 0 Å². The minimum atomic E-state index is 1.10. The number of hydrogen-bond donors (Lipinski definition) is 0. The molecule has 0 saturated carbocycles. The van der Waals surface area contributed by atoms with Crippen molar-refractivity contribution in [3.63, 3.8) is 0 Å². The largest absolute Gasteiger partial charge is 0.0912 e. The first-order chi connectivity index (χ1) is 5.74. The molecular formula is C12H18. The third-order valence-electron chi connectivity index (χ3n) is 1.61. The van der Waals surface area contributed by atoms with Gasteiger partial charge in [0.2, 0.25) is 0 Å². The van der Waals surface area contributed by atoms with Gasteiger partial charge in [0.05, 0.1) is 0 Å². The SMILES string of the molecule is C=c1ccc(C)c/c1=C/C.CC. The lowest BCUT2D eigenvalue weighted by Gasteiger charge is -1.90. The molecule has 0 saturated heterocycles. The van der Waals surface area contributed by atoms with Crippen LogP contribution >= 0.6 is 0 Å². The highest BCUT2D eigenvalue weighted by Crippen LogP contribution is 1.85. The zero-order valence-electron chi connectivity index (χ0n) is 8.52. The van der Waals surface area contributed by atoms with Crippen LogP contribution in [-0.2, 0) is 0 Å². The van der Waals surface area contributed by atoms with Crippen LogP contribution in [0.2, 0.25) is 0 Å². The highest BCUT2D eigenvalue weighted by Gasteiger charge is 1.81. The fraction of sp³-hybridized carbons (Fsp3) is 0.333. The highest BCUT2D eigenvalue weighted by atomic mass is 13.9. The van der Waals surface area contributed by atoms with Crippen LogP contribution in [0.4, 0.5) is 0 Å². The quantitative estimate of drug-likeness (QED) is 0.549. The van der Waals surface area contributed by atoms with Crippen molar-refractivity contribution >= 4 is 12.7 Å². The molecule has 0 radical (unpaired) electrons. The Morgan fingerprint density at radius 2 is 1.83 bits per heavy atom. The van der Waals surface area contributed by atoms with Crippen LogP contribution in [-0.4, -0.2) is 0 Å². The summed E-state index contributed by atoms with van der Waals surface area (Å²) in [6.45, 7) is 12.0.